The molecule has 1 heterocycles. The fourth-order valence-corrected chi connectivity index (χ4v) is 5.04. The first kappa shape index (κ1) is 30.1. The molecule has 2 atom stereocenters. The van der Waals surface area contributed by atoms with E-state index in [2.05, 4.69) is 31.3 Å². The zero-order valence-electron chi connectivity index (χ0n) is 22.7. The lowest BCUT2D eigenvalue weighted by Crippen LogP contribution is -2.50. The number of azide groups is 1. The van der Waals surface area contributed by atoms with Crippen molar-refractivity contribution in [3.8, 4) is 5.75 Å². The maximum atomic E-state index is 14.2. The molecule has 0 fully saturated rings. The molecule has 2 N–H and O–H groups in total. The molecule has 41 heavy (non-hydrogen) atoms. The zero-order chi connectivity index (χ0) is 29.1. The van der Waals surface area contributed by atoms with Crippen LogP contribution in [0.5, 0.6) is 5.75 Å². The fraction of sp³-hybridized carbons (Fsp3) is 0.333. The summed E-state index contributed by atoms with van der Waals surface area (Å²) in [6, 6.07) is 21.9. The summed E-state index contributed by atoms with van der Waals surface area (Å²) in [5, 5.41) is 15.9. The van der Waals surface area contributed by atoms with E-state index in [1.54, 1.807) is 37.4 Å². The molecule has 0 unspecified atom stereocenters. The average Bonchev–Trinajstić information content (AvgIpc) is 3.37. The molecule has 0 saturated heterocycles. The highest BCUT2D eigenvalue weighted by Crippen LogP contribution is 2.46. The van der Waals surface area contributed by atoms with Gasteiger partial charge in [0.15, 0.2) is 11.6 Å². The lowest BCUT2D eigenvalue weighted by molar-refractivity contribution is -0.129. The van der Waals surface area contributed by atoms with Crippen LogP contribution in [-0.2, 0) is 20.7 Å². The van der Waals surface area contributed by atoms with E-state index in [0.717, 1.165) is 10.0 Å². The minimum atomic E-state index is -1.43. The predicted octanol–water partition coefficient (Wildman–Crippen LogP) is 5.80. The Hall–Kier alpha value is -3.89. The summed E-state index contributed by atoms with van der Waals surface area (Å²) in [7, 11) is 1.61. The molecule has 0 spiro atoms. The Morgan fingerprint density at radius 3 is 2.61 bits per heavy atom. The highest BCUT2D eigenvalue weighted by molar-refractivity contribution is 9.10. The number of hydrogen-bond acceptors (Lipinski definition) is 7. The highest BCUT2D eigenvalue weighted by Gasteiger charge is 2.54. The van der Waals surface area contributed by atoms with Crippen molar-refractivity contribution in [1.29, 1.82) is 0 Å². The lowest BCUT2D eigenvalue weighted by atomic mass is 9.81. The molecule has 1 aliphatic rings. The first-order valence-corrected chi connectivity index (χ1v) is 14.1. The number of carbonyl (C=O) groups is 1. The molecule has 1 aliphatic heterocycles. The third-order valence-electron chi connectivity index (χ3n) is 6.63. The van der Waals surface area contributed by atoms with Crippen LogP contribution < -0.4 is 10.1 Å². The van der Waals surface area contributed by atoms with Crippen LogP contribution in [0.25, 0.3) is 10.4 Å². The van der Waals surface area contributed by atoms with Gasteiger partial charge in [-0.2, -0.15) is 0 Å². The monoisotopic (exact) mass is 621 g/mol. The fourth-order valence-electron chi connectivity index (χ4n) is 4.61. The number of aliphatic hydroxyl groups is 1. The molecule has 11 heteroatoms. The Balaban J connectivity index is 1.81. The van der Waals surface area contributed by atoms with E-state index >= 15 is 0 Å². The van der Waals surface area contributed by atoms with Gasteiger partial charge in [0.25, 0.3) is 5.91 Å². The predicted molar refractivity (Wildman–Crippen MR) is 159 cm³/mol. The Morgan fingerprint density at radius 1 is 1.12 bits per heavy atom. The Labute approximate surface area is 247 Å². The highest BCUT2D eigenvalue weighted by atomic mass is 79.9. The molecule has 214 valence electrons. The number of rotatable bonds is 14. The van der Waals surface area contributed by atoms with E-state index in [0.29, 0.717) is 55.2 Å². The number of carbonyl (C=O) groups excluding carboxylic acids is 1. The van der Waals surface area contributed by atoms with Crippen LogP contribution in [0.3, 0.4) is 0 Å². The van der Waals surface area contributed by atoms with Gasteiger partial charge in [-0.15, -0.1) is 0 Å². The van der Waals surface area contributed by atoms with Crippen molar-refractivity contribution in [1.82, 2.24) is 5.32 Å². The number of aliphatic hydroxyl groups excluding tert-OH is 1. The average molecular weight is 623 g/mol. The van der Waals surface area contributed by atoms with Gasteiger partial charge in [0.05, 0.1) is 6.61 Å². The van der Waals surface area contributed by atoms with Gasteiger partial charge in [0, 0.05) is 65.9 Å². The number of methoxy groups -OCH3 is 1. The number of nitrogens with zero attached hydrogens (tertiary/aromatic N) is 4. The number of hydrogen-bond donors (Lipinski definition) is 2. The summed E-state index contributed by atoms with van der Waals surface area (Å²) in [5.74, 6) is 0.609. The first-order chi connectivity index (χ1) is 20.0. The molecular formula is C30H32BrN5O5. The van der Waals surface area contributed by atoms with Crippen molar-refractivity contribution in [2.75, 3.05) is 33.5 Å². The zero-order valence-corrected chi connectivity index (χ0v) is 24.3. The number of halogens is 1. The molecule has 1 amide bonds. The molecule has 0 aliphatic carbocycles. The van der Waals surface area contributed by atoms with Crippen molar-refractivity contribution < 1.29 is 24.1 Å². The summed E-state index contributed by atoms with van der Waals surface area (Å²) in [6.45, 7) is 1.33. The molecule has 0 saturated carbocycles. The number of ether oxygens (including phenoxy) is 3. The number of nitrogens with one attached hydrogen (secondary N) is 1. The van der Waals surface area contributed by atoms with Gasteiger partial charge in [-0.25, -0.2) is 4.99 Å². The van der Waals surface area contributed by atoms with Gasteiger partial charge in [-0.3, -0.25) is 4.79 Å². The van der Waals surface area contributed by atoms with Crippen LogP contribution in [-0.4, -0.2) is 55.9 Å². The van der Waals surface area contributed by atoms with Crippen LogP contribution in [0.2, 0.25) is 0 Å². The Kier molecular flexibility index (Phi) is 10.8. The number of aliphatic imine (C=N–C) groups is 1. The molecular weight excluding hydrogens is 590 g/mol. The summed E-state index contributed by atoms with van der Waals surface area (Å²) in [6.07, 6.45) is 0.476. The first-order valence-electron chi connectivity index (χ1n) is 13.3. The quantitative estimate of drug-likeness (QED) is 0.101. The van der Waals surface area contributed by atoms with Crippen molar-refractivity contribution >= 4 is 33.4 Å². The number of amides is 1. The van der Waals surface area contributed by atoms with E-state index < -0.39 is 11.6 Å². The SMILES string of the molecule is COCCCNC(=O)[C@]1(Cc2ccccc2Br)N=C(c2ccc(OCCCO)cc2)O[C@@H]1c1ccccc1N=[N+]=[N-]. The molecule has 0 radical (unpaired) electrons. The van der Waals surface area contributed by atoms with Gasteiger partial charge in [-0.05, 0) is 47.8 Å². The van der Waals surface area contributed by atoms with E-state index in [1.807, 2.05) is 42.5 Å². The van der Waals surface area contributed by atoms with Gasteiger partial charge >= 0.3 is 0 Å². The standard InChI is InChI=1S/C30H32BrN5O5/c1-39-18-6-16-33-29(38)30(20-22-8-2-4-10-25(22)31)27(24-9-3-5-11-26(24)35-36-32)41-28(34-30)21-12-14-23(15-13-21)40-19-7-17-37/h2-5,8-15,27,37H,6-7,16-20H2,1H3,(H,33,38)/t27-,30-/m1/s1. The van der Waals surface area contributed by atoms with Crippen molar-refractivity contribution in [2.45, 2.75) is 30.9 Å². The summed E-state index contributed by atoms with van der Waals surface area (Å²) in [4.78, 5) is 22.2. The number of benzene rings is 3. The van der Waals surface area contributed by atoms with E-state index in [1.165, 1.54) is 0 Å². The second kappa shape index (κ2) is 14.7. The second-order valence-corrected chi connectivity index (χ2v) is 10.3. The summed E-state index contributed by atoms with van der Waals surface area (Å²) < 4.78 is 18.2. The van der Waals surface area contributed by atoms with Crippen molar-refractivity contribution in [3.05, 3.63) is 104 Å². The van der Waals surface area contributed by atoms with Gasteiger partial charge in [0.2, 0.25) is 5.90 Å². The van der Waals surface area contributed by atoms with E-state index in [9.17, 15) is 10.3 Å². The van der Waals surface area contributed by atoms with Crippen LogP contribution in [0.4, 0.5) is 5.69 Å². The molecule has 0 bridgehead atoms. The lowest BCUT2D eigenvalue weighted by Gasteiger charge is -2.31. The molecule has 0 aromatic heterocycles. The molecule has 3 aromatic rings. The Bertz CT molecular complexity index is 1410. The second-order valence-electron chi connectivity index (χ2n) is 9.41. The summed E-state index contributed by atoms with van der Waals surface area (Å²) in [5.41, 5.74) is 10.3. The van der Waals surface area contributed by atoms with Crippen LogP contribution in [0.15, 0.2) is 87.4 Å². The van der Waals surface area contributed by atoms with Gasteiger partial charge < -0.3 is 24.6 Å². The van der Waals surface area contributed by atoms with Crippen molar-refractivity contribution in [2.24, 2.45) is 10.1 Å². The maximum absolute atomic E-state index is 14.2. The van der Waals surface area contributed by atoms with Gasteiger partial charge in [-0.1, -0.05) is 63.5 Å². The van der Waals surface area contributed by atoms with Crippen molar-refractivity contribution in [3.63, 3.8) is 0 Å². The largest absolute Gasteiger partial charge is 0.494 e. The maximum Gasteiger partial charge on any atom is 0.252 e. The van der Waals surface area contributed by atoms with Gasteiger partial charge in [0.1, 0.15) is 5.75 Å². The summed E-state index contributed by atoms with van der Waals surface area (Å²) >= 11 is 3.63. The minimum absolute atomic E-state index is 0.0502. The normalized spacial score (nSPS) is 17.7. The third-order valence-corrected chi connectivity index (χ3v) is 7.40. The minimum Gasteiger partial charge on any atom is -0.494 e. The van der Waals surface area contributed by atoms with E-state index in [-0.39, 0.29) is 24.8 Å². The van der Waals surface area contributed by atoms with Crippen LogP contribution in [0, 0.1) is 0 Å². The molecule has 4 rings (SSSR count). The molecule has 3 aromatic carbocycles. The third kappa shape index (κ3) is 7.25. The Morgan fingerprint density at radius 2 is 1.88 bits per heavy atom. The van der Waals surface area contributed by atoms with E-state index in [4.69, 9.17) is 24.3 Å². The van der Waals surface area contributed by atoms with Crippen LogP contribution in [0.1, 0.15) is 35.6 Å². The smallest absolute Gasteiger partial charge is 0.252 e. The molecule has 10 nitrogen and oxygen atoms in total. The topological polar surface area (TPSA) is 138 Å². The van der Waals surface area contributed by atoms with Crippen LogP contribution >= 0.6 is 15.9 Å².